The highest BCUT2D eigenvalue weighted by Gasteiger charge is 1.94. The summed E-state index contributed by atoms with van der Waals surface area (Å²) in [6.45, 7) is 0.745. The number of carbonyl (C=O) groups excluding carboxylic acids is 1. The summed E-state index contributed by atoms with van der Waals surface area (Å²) in [6, 6.07) is 7.42. The van der Waals surface area contributed by atoms with E-state index in [9.17, 15) is 4.79 Å². The van der Waals surface area contributed by atoms with Gasteiger partial charge in [-0.3, -0.25) is 0 Å². The van der Waals surface area contributed by atoms with E-state index in [0.29, 0.717) is 6.42 Å². The van der Waals surface area contributed by atoms with Crippen molar-refractivity contribution >= 4 is 17.9 Å². The molecule has 0 aromatic heterocycles. The van der Waals surface area contributed by atoms with Crippen LogP contribution in [0, 0.1) is 0 Å². The molecule has 94 valence electrons. The van der Waals surface area contributed by atoms with Gasteiger partial charge in [0.2, 0.25) is 0 Å². The van der Waals surface area contributed by atoms with Gasteiger partial charge in [-0.15, -0.1) is 0 Å². The molecule has 0 N–H and O–H groups in total. The molecule has 2 nitrogen and oxygen atoms in total. The number of aldehydes is 1. The minimum Gasteiger partial charge on any atom is -0.494 e. The van der Waals surface area contributed by atoms with E-state index < -0.39 is 0 Å². The normalized spacial score (nSPS) is 10.2. The lowest BCUT2D eigenvalue weighted by Crippen LogP contribution is -1.96. The first-order chi connectivity index (χ1) is 8.33. The predicted molar refractivity (Wildman–Crippen MR) is 70.7 cm³/mol. The number of ether oxygens (including phenoxy) is 1. The van der Waals surface area contributed by atoms with Crippen LogP contribution in [0.1, 0.15) is 38.5 Å². The Kier molecular flexibility index (Phi) is 7.48. The van der Waals surface area contributed by atoms with Gasteiger partial charge in [-0.25, -0.2) is 0 Å². The summed E-state index contributed by atoms with van der Waals surface area (Å²) in [5, 5.41) is 0.729. The molecule has 0 radical (unpaired) electrons. The second-order valence-corrected chi connectivity index (χ2v) is 4.46. The Hall–Kier alpha value is -1.02. The fourth-order valence-corrected chi connectivity index (χ4v) is 1.71. The molecule has 0 fully saturated rings. The van der Waals surface area contributed by atoms with E-state index in [1.807, 2.05) is 24.3 Å². The van der Waals surface area contributed by atoms with Gasteiger partial charge in [-0.1, -0.05) is 30.9 Å². The van der Waals surface area contributed by atoms with Gasteiger partial charge in [0.05, 0.1) is 6.61 Å². The van der Waals surface area contributed by atoms with Crippen LogP contribution in [0.2, 0.25) is 5.02 Å². The van der Waals surface area contributed by atoms with Crippen LogP contribution in [0.25, 0.3) is 0 Å². The maximum atomic E-state index is 10.1. The third kappa shape index (κ3) is 7.01. The third-order valence-corrected chi connectivity index (χ3v) is 2.80. The summed E-state index contributed by atoms with van der Waals surface area (Å²) in [4.78, 5) is 10.1. The Bertz CT molecular complexity index is 309. The minimum atomic E-state index is 0.696. The monoisotopic (exact) mass is 254 g/mol. The summed E-state index contributed by atoms with van der Waals surface area (Å²) in [7, 11) is 0. The molecule has 1 aromatic rings. The van der Waals surface area contributed by atoms with Crippen LogP contribution < -0.4 is 4.74 Å². The Labute approximate surface area is 108 Å². The molecule has 0 bridgehead atoms. The minimum absolute atomic E-state index is 0.696. The first-order valence-corrected chi connectivity index (χ1v) is 6.53. The Balaban J connectivity index is 1.97. The molecule has 0 spiro atoms. The van der Waals surface area contributed by atoms with Crippen molar-refractivity contribution in [3.63, 3.8) is 0 Å². The van der Waals surface area contributed by atoms with Crippen molar-refractivity contribution in [1.82, 2.24) is 0 Å². The van der Waals surface area contributed by atoms with E-state index in [0.717, 1.165) is 49.3 Å². The highest BCUT2D eigenvalue weighted by Crippen LogP contribution is 2.16. The van der Waals surface area contributed by atoms with Crippen LogP contribution in [0.15, 0.2) is 24.3 Å². The van der Waals surface area contributed by atoms with Crippen molar-refractivity contribution in [2.75, 3.05) is 6.61 Å². The van der Waals surface area contributed by atoms with E-state index in [1.165, 1.54) is 6.42 Å². The largest absolute Gasteiger partial charge is 0.494 e. The number of hydrogen-bond donors (Lipinski definition) is 0. The van der Waals surface area contributed by atoms with Crippen molar-refractivity contribution in [3.8, 4) is 5.75 Å². The van der Waals surface area contributed by atoms with Gasteiger partial charge in [0.1, 0.15) is 12.0 Å². The molecule has 0 amide bonds. The number of carbonyl (C=O) groups is 1. The lowest BCUT2D eigenvalue weighted by molar-refractivity contribution is -0.107. The zero-order valence-corrected chi connectivity index (χ0v) is 10.8. The van der Waals surface area contributed by atoms with Crippen LogP contribution in [0.4, 0.5) is 0 Å². The number of halogens is 1. The molecule has 17 heavy (non-hydrogen) atoms. The van der Waals surface area contributed by atoms with Crippen LogP contribution in [-0.2, 0) is 4.79 Å². The van der Waals surface area contributed by atoms with Crippen LogP contribution in [0.5, 0.6) is 5.75 Å². The number of rotatable bonds is 9. The maximum Gasteiger partial charge on any atom is 0.119 e. The van der Waals surface area contributed by atoms with Crippen LogP contribution in [0.3, 0.4) is 0 Å². The third-order valence-electron chi connectivity index (χ3n) is 2.55. The smallest absolute Gasteiger partial charge is 0.119 e. The van der Waals surface area contributed by atoms with Gasteiger partial charge >= 0.3 is 0 Å². The standard InChI is InChI=1S/C14H19ClO2/c15-13-7-9-14(10-8-13)17-12-6-4-2-1-3-5-11-16/h7-11H,1-6,12H2. The summed E-state index contributed by atoms with van der Waals surface area (Å²) < 4.78 is 5.57. The van der Waals surface area contributed by atoms with Crippen molar-refractivity contribution in [3.05, 3.63) is 29.3 Å². The van der Waals surface area contributed by atoms with Crippen molar-refractivity contribution in [2.24, 2.45) is 0 Å². The SMILES string of the molecule is O=CCCCCCCCOc1ccc(Cl)cc1. The summed E-state index contributed by atoms with van der Waals surface area (Å²) in [5.41, 5.74) is 0. The first-order valence-electron chi connectivity index (χ1n) is 6.15. The zero-order valence-electron chi connectivity index (χ0n) is 10.0. The quantitative estimate of drug-likeness (QED) is 0.486. The fraction of sp³-hybridized carbons (Fsp3) is 0.500. The van der Waals surface area contributed by atoms with Gasteiger partial charge < -0.3 is 9.53 Å². The topological polar surface area (TPSA) is 26.3 Å². The first kappa shape index (κ1) is 14.0. The summed E-state index contributed by atoms with van der Waals surface area (Å²) in [6.07, 6.45) is 7.24. The highest BCUT2D eigenvalue weighted by molar-refractivity contribution is 6.30. The molecule has 3 heteroatoms. The number of hydrogen-bond acceptors (Lipinski definition) is 2. The fourth-order valence-electron chi connectivity index (χ4n) is 1.58. The molecule has 0 unspecified atom stereocenters. The van der Waals surface area contributed by atoms with Crippen molar-refractivity contribution in [1.29, 1.82) is 0 Å². The molecule has 0 heterocycles. The molecule has 0 aliphatic rings. The molecular weight excluding hydrogens is 236 g/mol. The molecule has 0 aliphatic heterocycles. The Morgan fingerprint density at radius 2 is 1.65 bits per heavy atom. The molecule has 0 saturated heterocycles. The van der Waals surface area contributed by atoms with Gasteiger partial charge in [0, 0.05) is 11.4 Å². The lowest BCUT2D eigenvalue weighted by Gasteiger charge is -2.05. The van der Waals surface area contributed by atoms with E-state index >= 15 is 0 Å². The van der Waals surface area contributed by atoms with Crippen molar-refractivity contribution < 1.29 is 9.53 Å². The Morgan fingerprint density at radius 3 is 2.35 bits per heavy atom. The zero-order chi connectivity index (χ0) is 12.3. The molecule has 1 rings (SSSR count). The second kappa shape index (κ2) is 9.06. The van der Waals surface area contributed by atoms with E-state index in [-0.39, 0.29) is 0 Å². The molecule has 0 aliphatic carbocycles. The number of unbranched alkanes of at least 4 members (excludes halogenated alkanes) is 5. The summed E-state index contributed by atoms with van der Waals surface area (Å²) >= 11 is 5.78. The van der Waals surface area contributed by atoms with E-state index in [4.69, 9.17) is 16.3 Å². The van der Waals surface area contributed by atoms with Gasteiger partial charge in [-0.2, -0.15) is 0 Å². The lowest BCUT2D eigenvalue weighted by atomic mass is 10.1. The molecule has 0 atom stereocenters. The highest BCUT2D eigenvalue weighted by atomic mass is 35.5. The second-order valence-electron chi connectivity index (χ2n) is 4.03. The molecule has 1 aromatic carbocycles. The summed E-state index contributed by atoms with van der Waals surface area (Å²) in [5.74, 6) is 0.871. The average molecular weight is 255 g/mol. The number of benzene rings is 1. The van der Waals surface area contributed by atoms with E-state index in [2.05, 4.69) is 0 Å². The maximum absolute atomic E-state index is 10.1. The van der Waals surface area contributed by atoms with Gasteiger partial charge in [-0.05, 0) is 37.1 Å². The van der Waals surface area contributed by atoms with Crippen LogP contribution >= 0.6 is 11.6 Å². The van der Waals surface area contributed by atoms with Crippen molar-refractivity contribution in [2.45, 2.75) is 38.5 Å². The molecule has 0 saturated carbocycles. The Morgan fingerprint density at radius 1 is 1.00 bits per heavy atom. The van der Waals surface area contributed by atoms with Gasteiger partial charge in [0.15, 0.2) is 0 Å². The van der Waals surface area contributed by atoms with Crippen LogP contribution in [-0.4, -0.2) is 12.9 Å². The van der Waals surface area contributed by atoms with Gasteiger partial charge in [0.25, 0.3) is 0 Å². The van der Waals surface area contributed by atoms with E-state index in [1.54, 1.807) is 0 Å². The molecular formula is C14H19ClO2. The average Bonchev–Trinajstić information content (AvgIpc) is 2.35. The predicted octanol–water partition coefficient (Wildman–Crippen LogP) is 4.26.